The first-order chi connectivity index (χ1) is 11.9. The summed E-state index contributed by atoms with van der Waals surface area (Å²) in [5, 5.41) is 7.84. The van der Waals surface area contributed by atoms with Crippen molar-refractivity contribution in [2.75, 3.05) is 0 Å². The Kier molecular flexibility index (Phi) is 2.89. The third kappa shape index (κ3) is 2.00. The zero-order valence-corrected chi connectivity index (χ0v) is 13.2. The third-order valence-corrected chi connectivity index (χ3v) is 4.83. The fraction of sp³-hybridized carbons (Fsp3) is 0. The molecule has 0 saturated carbocycles. The van der Waals surface area contributed by atoms with E-state index in [1.165, 1.54) is 43.4 Å². The van der Waals surface area contributed by atoms with Gasteiger partial charge < -0.3 is 0 Å². The highest BCUT2D eigenvalue weighted by Crippen LogP contribution is 2.34. The zero-order chi connectivity index (χ0) is 15.9. The summed E-state index contributed by atoms with van der Waals surface area (Å²) in [6, 6.07) is 34.9. The van der Waals surface area contributed by atoms with Gasteiger partial charge in [0, 0.05) is 0 Å². The lowest BCUT2D eigenvalue weighted by atomic mass is 9.93. The van der Waals surface area contributed by atoms with E-state index in [0.717, 1.165) is 0 Å². The monoisotopic (exact) mass is 304 g/mol. The summed E-state index contributed by atoms with van der Waals surface area (Å²) in [6.45, 7) is 0. The molecule has 0 aliphatic carbocycles. The average Bonchev–Trinajstić information content (AvgIpc) is 2.66. The summed E-state index contributed by atoms with van der Waals surface area (Å²) in [7, 11) is 0. The molecule has 5 rings (SSSR count). The van der Waals surface area contributed by atoms with Gasteiger partial charge in [0.1, 0.15) is 0 Å². The molecule has 0 atom stereocenters. The molecule has 0 amide bonds. The van der Waals surface area contributed by atoms with Crippen molar-refractivity contribution in [2.24, 2.45) is 0 Å². The van der Waals surface area contributed by atoms with E-state index < -0.39 is 0 Å². The van der Waals surface area contributed by atoms with Crippen LogP contribution in [0.5, 0.6) is 0 Å². The van der Waals surface area contributed by atoms with Gasteiger partial charge in [-0.2, -0.15) is 0 Å². The normalized spacial score (nSPS) is 11.3. The summed E-state index contributed by atoms with van der Waals surface area (Å²) in [6.07, 6.45) is 0. The van der Waals surface area contributed by atoms with Crippen molar-refractivity contribution in [1.82, 2.24) is 0 Å². The van der Waals surface area contributed by atoms with Crippen LogP contribution in [-0.4, -0.2) is 0 Å². The standard InChI is InChI=1S/C24H16/c1-2-7-17(8-3-1)21-11-6-12-22-23(21)14-13-20-15-18-9-4-5-10-19(18)16-24(20)22/h1-16H. The maximum Gasteiger partial charge on any atom is -0.00988 e. The highest BCUT2D eigenvalue weighted by atomic mass is 14.1. The first kappa shape index (κ1) is 13.3. The predicted octanol–water partition coefficient (Wildman–Crippen LogP) is 6.81. The third-order valence-electron chi connectivity index (χ3n) is 4.83. The Morgan fingerprint density at radius 1 is 0.375 bits per heavy atom. The minimum atomic E-state index is 1.27. The average molecular weight is 304 g/mol. The first-order valence-corrected chi connectivity index (χ1v) is 8.30. The molecule has 0 nitrogen and oxygen atoms in total. The SMILES string of the molecule is c1ccc(-c2cccc3c2ccc2cc4ccccc4cc23)cc1. The van der Waals surface area contributed by atoms with Crippen molar-refractivity contribution < 1.29 is 0 Å². The Morgan fingerprint density at radius 3 is 1.96 bits per heavy atom. The van der Waals surface area contributed by atoms with Crippen molar-refractivity contribution in [3.05, 3.63) is 97.1 Å². The highest BCUT2D eigenvalue weighted by molar-refractivity contribution is 6.15. The summed E-state index contributed by atoms with van der Waals surface area (Å²) < 4.78 is 0. The van der Waals surface area contributed by atoms with Crippen molar-refractivity contribution in [3.8, 4) is 11.1 Å². The molecule has 0 spiro atoms. The lowest BCUT2D eigenvalue weighted by molar-refractivity contribution is 1.66. The predicted molar refractivity (Wildman–Crippen MR) is 104 cm³/mol. The second kappa shape index (κ2) is 5.21. The van der Waals surface area contributed by atoms with Gasteiger partial charge in [0.25, 0.3) is 0 Å². The van der Waals surface area contributed by atoms with Crippen LogP contribution in [0.15, 0.2) is 97.1 Å². The van der Waals surface area contributed by atoms with Gasteiger partial charge in [0.05, 0.1) is 0 Å². The molecule has 0 fully saturated rings. The summed E-state index contributed by atoms with van der Waals surface area (Å²) in [4.78, 5) is 0. The molecule has 0 heterocycles. The van der Waals surface area contributed by atoms with Gasteiger partial charge in [-0.1, -0.05) is 84.9 Å². The summed E-state index contributed by atoms with van der Waals surface area (Å²) >= 11 is 0. The van der Waals surface area contributed by atoms with E-state index in [-0.39, 0.29) is 0 Å². The molecule has 0 aromatic heterocycles. The van der Waals surface area contributed by atoms with Gasteiger partial charge in [-0.3, -0.25) is 0 Å². The molecular formula is C24H16. The summed E-state index contributed by atoms with van der Waals surface area (Å²) in [5.74, 6) is 0. The van der Waals surface area contributed by atoms with E-state index in [9.17, 15) is 0 Å². The molecule has 24 heavy (non-hydrogen) atoms. The Labute approximate surface area is 141 Å². The van der Waals surface area contributed by atoms with Crippen LogP contribution in [0.2, 0.25) is 0 Å². The van der Waals surface area contributed by atoms with Gasteiger partial charge in [-0.15, -0.1) is 0 Å². The number of hydrogen-bond acceptors (Lipinski definition) is 0. The molecule has 0 bridgehead atoms. The lowest BCUT2D eigenvalue weighted by Gasteiger charge is -2.10. The molecule has 0 aliphatic heterocycles. The minimum absolute atomic E-state index is 1.27. The van der Waals surface area contributed by atoms with Gasteiger partial charge in [-0.05, 0) is 55.6 Å². The molecule has 5 aromatic carbocycles. The molecular weight excluding hydrogens is 288 g/mol. The number of rotatable bonds is 1. The van der Waals surface area contributed by atoms with Crippen LogP contribution in [0.3, 0.4) is 0 Å². The Hall–Kier alpha value is -3.12. The largest absolute Gasteiger partial charge is 0.0622 e. The van der Waals surface area contributed by atoms with Crippen LogP contribution >= 0.6 is 0 Å². The van der Waals surface area contributed by atoms with E-state index in [0.29, 0.717) is 0 Å². The van der Waals surface area contributed by atoms with E-state index in [1.807, 2.05) is 0 Å². The van der Waals surface area contributed by atoms with E-state index in [2.05, 4.69) is 97.1 Å². The van der Waals surface area contributed by atoms with Crippen LogP contribution < -0.4 is 0 Å². The van der Waals surface area contributed by atoms with E-state index in [4.69, 9.17) is 0 Å². The minimum Gasteiger partial charge on any atom is -0.0622 e. The topological polar surface area (TPSA) is 0 Å². The fourth-order valence-corrected chi connectivity index (χ4v) is 3.65. The second-order valence-corrected chi connectivity index (χ2v) is 6.25. The molecule has 0 saturated heterocycles. The number of fused-ring (bicyclic) bond motifs is 4. The Bertz CT molecular complexity index is 1180. The molecule has 112 valence electrons. The van der Waals surface area contributed by atoms with Crippen LogP contribution in [-0.2, 0) is 0 Å². The smallest absolute Gasteiger partial charge is 0.00988 e. The highest BCUT2D eigenvalue weighted by Gasteiger charge is 2.07. The molecule has 0 heteroatoms. The van der Waals surface area contributed by atoms with Crippen molar-refractivity contribution in [1.29, 1.82) is 0 Å². The van der Waals surface area contributed by atoms with Crippen LogP contribution in [0.25, 0.3) is 43.4 Å². The van der Waals surface area contributed by atoms with Crippen molar-refractivity contribution in [3.63, 3.8) is 0 Å². The van der Waals surface area contributed by atoms with Crippen molar-refractivity contribution in [2.45, 2.75) is 0 Å². The molecule has 0 radical (unpaired) electrons. The van der Waals surface area contributed by atoms with Crippen LogP contribution in [0, 0.1) is 0 Å². The maximum atomic E-state index is 2.32. The van der Waals surface area contributed by atoms with Gasteiger partial charge in [0.15, 0.2) is 0 Å². The van der Waals surface area contributed by atoms with Crippen LogP contribution in [0.1, 0.15) is 0 Å². The Balaban J connectivity index is 1.90. The second-order valence-electron chi connectivity index (χ2n) is 6.25. The molecule has 0 N–H and O–H groups in total. The lowest BCUT2D eigenvalue weighted by Crippen LogP contribution is -1.84. The maximum absolute atomic E-state index is 2.32. The zero-order valence-electron chi connectivity index (χ0n) is 13.2. The molecule has 5 aromatic rings. The first-order valence-electron chi connectivity index (χ1n) is 8.30. The van der Waals surface area contributed by atoms with Crippen LogP contribution in [0.4, 0.5) is 0 Å². The molecule has 0 aliphatic rings. The van der Waals surface area contributed by atoms with Gasteiger partial charge in [-0.25, -0.2) is 0 Å². The molecule has 0 unspecified atom stereocenters. The fourth-order valence-electron chi connectivity index (χ4n) is 3.65. The number of hydrogen-bond donors (Lipinski definition) is 0. The van der Waals surface area contributed by atoms with Gasteiger partial charge in [0.2, 0.25) is 0 Å². The van der Waals surface area contributed by atoms with Gasteiger partial charge >= 0.3 is 0 Å². The number of benzene rings is 5. The van der Waals surface area contributed by atoms with E-state index >= 15 is 0 Å². The quantitative estimate of drug-likeness (QED) is 0.235. The van der Waals surface area contributed by atoms with Crippen molar-refractivity contribution >= 4 is 32.3 Å². The summed E-state index contributed by atoms with van der Waals surface area (Å²) in [5.41, 5.74) is 2.56. The Morgan fingerprint density at radius 2 is 1.12 bits per heavy atom. The van der Waals surface area contributed by atoms with E-state index in [1.54, 1.807) is 0 Å².